The molecule has 0 aromatic carbocycles. The highest BCUT2D eigenvalue weighted by atomic mass is 16.5. The summed E-state index contributed by atoms with van der Waals surface area (Å²) in [4.78, 5) is 10.8. The lowest BCUT2D eigenvalue weighted by atomic mass is 9.83. The Morgan fingerprint density at radius 1 is 1.73 bits per heavy atom. The van der Waals surface area contributed by atoms with Gasteiger partial charge in [0.2, 0.25) is 0 Å². The average Bonchev–Trinajstić information content (AvgIpc) is 2.29. The molecule has 0 spiro atoms. The number of fused-ring (bicyclic) bond motifs is 2. The molecule has 0 saturated carbocycles. The van der Waals surface area contributed by atoms with Crippen molar-refractivity contribution in [1.82, 2.24) is 5.32 Å². The lowest BCUT2D eigenvalue weighted by molar-refractivity contribution is -0.148. The predicted molar refractivity (Wildman–Crippen MR) is 37.3 cm³/mol. The van der Waals surface area contributed by atoms with Crippen molar-refractivity contribution in [2.24, 2.45) is 5.41 Å². The third kappa shape index (κ3) is 0.937. The molecule has 0 radical (unpaired) electrons. The molecule has 4 heteroatoms. The first-order chi connectivity index (χ1) is 5.23. The normalized spacial score (nSPS) is 42.4. The maximum atomic E-state index is 10.8. The highest BCUT2D eigenvalue weighted by Crippen LogP contribution is 2.34. The average molecular weight is 157 g/mol. The lowest BCUT2D eigenvalue weighted by Gasteiger charge is -2.26. The van der Waals surface area contributed by atoms with Crippen molar-refractivity contribution in [1.29, 1.82) is 0 Å². The van der Waals surface area contributed by atoms with Crippen LogP contribution in [0.2, 0.25) is 0 Å². The number of ether oxygens (including phenoxy) is 1. The van der Waals surface area contributed by atoms with Crippen LogP contribution >= 0.6 is 0 Å². The summed E-state index contributed by atoms with van der Waals surface area (Å²) in [6.45, 7) is 1.73. The van der Waals surface area contributed by atoms with Crippen LogP contribution in [0.1, 0.15) is 6.42 Å². The number of piperidine rings is 1. The number of carboxylic acid groups (broad SMARTS) is 1. The van der Waals surface area contributed by atoms with Crippen LogP contribution in [0, 0.1) is 5.41 Å². The fraction of sp³-hybridized carbons (Fsp3) is 0.857. The van der Waals surface area contributed by atoms with Crippen LogP contribution in [-0.2, 0) is 9.53 Å². The van der Waals surface area contributed by atoms with E-state index in [1.807, 2.05) is 0 Å². The topological polar surface area (TPSA) is 58.6 Å². The molecule has 0 aromatic heterocycles. The number of rotatable bonds is 1. The summed E-state index contributed by atoms with van der Waals surface area (Å²) >= 11 is 0. The van der Waals surface area contributed by atoms with Crippen molar-refractivity contribution < 1.29 is 14.6 Å². The van der Waals surface area contributed by atoms with E-state index in [9.17, 15) is 4.79 Å². The Hall–Kier alpha value is -0.610. The molecule has 11 heavy (non-hydrogen) atoms. The second-order valence-electron chi connectivity index (χ2n) is 3.35. The molecule has 2 aliphatic rings. The van der Waals surface area contributed by atoms with Crippen molar-refractivity contribution in [3.8, 4) is 0 Å². The van der Waals surface area contributed by atoms with Gasteiger partial charge in [0.05, 0.1) is 12.7 Å². The number of carboxylic acids is 1. The maximum absolute atomic E-state index is 10.8. The molecule has 2 heterocycles. The van der Waals surface area contributed by atoms with Gasteiger partial charge in [0.15, 0.2) is 0 Å². The quantitative estimate of drug-likeness (QED) is 0.536. The number of aliphatic carboxylic acids is 1. The molecule has 2 bridgehead atoms. The molecule has 0 aromatic rings. The Balaban J connectivity index is 2.19. The zero-order chi connectivity index (χ0) is 7.90. The maximum Gasteiger partial charge on any atom is 0.313 e. The van der Waals surface area contributed by atoms with Crippen LogP contribution in [0.5, 0.6) is 0 Å². The predicted octanol–water partition coefficient (Wildman–Crippen LogP) is -0.551. The van der Waals surface area contributed by atoms with Crippen LogP contribution < -0.4 is 5.32 Å². The summed E-state index contributed by atoms with van der Waals surface area (Å²) in [5.74, 6) is -0.729. The van der Waals surface area contributed by atoms with Crippen LogP contribution in [0.4, 0.5) is 0 Å². The van der Waals surface area contributed by atoms with E-state index in [4.69, 9.17) is 9.84 Å². The van der Waals surface area contributed by atoms with Crippen molar-refractivity contribution in [3.05, 3.63) is 0 Å². The molecule has 2 N–H and O–H groups in total. The van der Waals surface area contributed by atoms with Gasteiger partial charge in [-0.3, -0.25) is 4.79 Å². The first kappa shape index (κ1) is 7.06. The second kappa shape index (κ2) is 2.19. The third-order valence-corrected chi connectivity index (χ3v) is 2.50. The van der Waals surface area contributed by atoms with Gasteiger partial charge in [-0.2, -0.15) is 0 Å². The highest BCUT2D eigenvalue weighted by molar-refractivity contribution is 5.75. The summed E-state index contributed by atoms with van der Waals surface area (Å²) in [6.07, 6.45) is 0.801. The van der Waals surface area contributed by atoms with Gasteiger partial charge in [-0.25, -0.2) is 0 Å². The smallest absolute Gasteiger partial charge is 0.313 e. The van der Waals surface area contributed by atoms with Gasteiger partial charge < -0.3 is 15.2 Å². The van der Waals surface area contributed by atoms with E-state index < -0.39 is 11.4 Å². The van der Waals surface area contributed by atoms with Crippen molar-refractivity contribution in [3.63, 3.8) is 0 Å². The fourth-order valence-corrected chi connectivity index (χ4v) is 1.78. The molecular weight excluding hydrogens is 146 g/mol. The van der Waals surface area contributed by atoms with E-state index >= 15 is 0 Å². The Labute approximate surface area is 64.5 Å². The van der Waals surface area contributed by atoms with E-state index in [0.717, 1.165) is 6.54 Å². The van der Waals surface area contributed by atoms with Gasteiger partial charge in [-0.1, -0.05) is 0 Å². The van der Waals surface area contributed by atoms with Crippen molar-refractivity contribution in [2.45, 2.75) is 12.5 Å². The van der Waals surface area contributed by atoms with Gasteiger partial charge in [-0.05, 0) is 6.42 Å². The van der Waals surface area contributed by atoms with Crippen LogP contribution in [-0.4, -0.2) is 36.9 Å². The van der Waals surface area contributed by atoms with Gasteiger partial charge >= 0.3 is 5.97 Å². The number of hydrogen-bond donors (Lipinski definition) is 2. The summed E-state index contributed by atoms with van der Waals surface area (Å²) in [5.41, 5.74) is -0.622. The first-order valence-electron chi connectivity index (χ1n) is 3.79. The summed E-state index contributed by atoms with van der Waals surface area (Å²) in [5, 5.41) is 12.0. The van der Waals surface area contributed by atoms with Gasteiger partial charge in [0.25, 0.3) is 0 Å². The standard InChI is InChI=1S/C7H11NO3/c9-6(10)7-1-5(11-4-7)2-8-3-7/h5,8H,1-4H2,(H,9,10). The lowest BCUT2D eigenvalue weighted by Crippen LogP contribution is -2.46. The van der Waals surface area contributed by atoms with Crippen molar-refractivity contribution in [2.75, 3.05) is 19.7 Å². The van der Waals surface area contributed by atoms with Crippen LogP contribution in [0.15, 0.2) is 0 Å². The zero-order valence-electron chi connectivity index (χ0n) is 6.17. The molecule has 2 aliphatic heterocycles. The zero-order valence-corrected chi connectivity index (χ0v) is 6.17. The monoisotopic (exact) mass is 157 g/mol. The van der Waals surface area contributed by atoms with Gasteiger partial charge in [0, 0.05) is 13.1 Å². The summed E-state index contributed by atoms with van der Waals surface area (Å²) in [7, 11) is 0. The van der Waals surface area contributed by atoms with Gasteiger partial charge in [0.1, 0.15) is 5.41 Å². The minimum absolute atomic E-state index is 0.125. The minimum atomic E-state index is -0.729. The van der Waals surface area contributed by atoms with Crippen LogP contribution in [0.25, 0.3) is 0 Å². The number of carbonyl (C=O) groups is 1. The number of hydrogen-bond acceptors (Lipinski definition) is 3. The SMILES string of the molecule is O=C(O)C12CNCC(C1)OC2. The molecule has 0 aliphatic carbocycles. The Kier molecular flexibility index (Phi) is 1.40. The molecule has 2 unspecified atom stereocenters. The summed E-state index contributed by atoms with van der Waals surface area (Å²) < 4.78 is 5.30. The third-order valence-electron chi connectivity index (χ3n) is 2.50. The Bertz CT molecular complexity index is 190. The van der Waals surface area contributed by atoms with Crippen molar-refractivity contribution >= 4 is 5.97 Å². The highest BCUT2D eigenvalue weighted by Gasteiger charge is 2.48. The molecule has 0 amide bonds. The van der Waals surface area contributed by atoms with E-state index in [0.29, 0.717) is 19.6 Å². The fourth-order valence-electron chi connectivity index (χ4n) is 1.78. The summed E-state index contributed by atoms with van der Waals surface area (Å²) in [6, 6.07) is 0. The largest absolute Gasteiger partial charge is 0.481 e. The van der Waals surface area contributed by atoms with E-state index in [2.05, 4.69) is 5.32 Å². The molecule has 2 fully saturated rings. The van der Waals surface area contributed by atoms with Crippen LogP contribution in [0.3, 0.4) is 0 Å². The minimum Gasteiger partial charge on any atom is -0.481 e. The van der Waals surface area contributed by atoms with E-state index in [1.54, 1.807) is 0 Å². The van der Waals surface area contributed by atoms with E-state index in [1.165, 1.54) is 0 Å². The molecule has 2 saturated heterocycles. The second-order valence-corrected chi connectivity index (χ2v) is 3.35. The number of nitrogens with one attached hydrogen (secondary N) is 1. The molecule has 4 nitrogen and oxygen atoms in total. The van der Waals surface area contributed by atoms with E-state index in [-0.39, 0.29) is 6.10 Å². The first-order valence-corrected chi connectivity index (χ1v) is 3.79. The molecular formula is C7H11NO3. The molecule has 2 atom stereocenters. The van der Waals surface area contributed by atoms with Gasteiger partial charge in [-0.15, -0.1) is 0 Å². The molecule has 62 valence electrons. The molecule has 2 rings (SSSR count). The Morgan fingerprint density at radius 2 is 2.55 bits per heavy atom. The Morgan fingerprint density at radius 3 is 3.18 bits per heavy atom.